The Morgan fingerprint density at radius 1 is 1.47 bits per heavy atom. The summed E-state index contributed by atoms with van der Waals surface area (Å²) in [5.41, 5.74) is 2.56. The summed E-state index contributed by atoms with van der Waals surface area (Å²) >= 11 is 0. The Kier molecular flexibility index (Phi) is 6.11. The van der Waals surface area contributed by atoms with E-state index >= 15 is 0 Å². The van der Waals surface area contributed by atoms with Crippen LogP contribution < -0.4 is 16.6 Å². The van der Waals surface area contributed by atoms with Crippen LogP contribution in [0.3, 0.4) is 0 Å². The topological polar surface area (TPSA) is 71.7 Å². The van der Waals surface area contributed by atoms with Crippen molar-refractivity contribution >= 4 is 5.96 Å². The van der Waals surface area contributed by atoms with E-state index in [1.165, 1.54) is 19.3 Å². The molecule has 0 aromatic rings. The van der Waals surface area contributed by atoms with Crippen LogP contribution in [0.5, 0.6) is 0 Å². The molecule has 0 spiro atoms. The number of guanidine groups is 1. The van der Waals surface area contributed by atoms with Crippen LogP contribution in [-0.2, 0) is 4.74 Å². The number of nitrogens with one attached hydrogen (secondary N) is 2. The van der Waals surface area contributed by atoms with E-state index in [0.29, 0.717) is 25.2 Å². The highest BCUT2D eigenvalue weighted by molar-refractivity contribution is 5.79. The molecule has 4 N–H and O–H groups in total. The van der Waals surface area contributed by atoms with Crippen LogP contribution in [0.25, 0.3) is 0 Å². The lowest BCUT2D eigenvalue weighted by Gasteiger charge is -2.07. The fraction of sp³-hybridized carbons (Fsp3) is 0.900. The molecule has 5 nitrogen and oxygen atoms in total. The predicted molar refractivity (Wildman–Crippen MR) is 61.5 cm³/mol. The SMILES string of the molecule is CCCCOCCN=C(NN)NC1CC1. The van der Waals surface area contributed by atoms with Gasteiger partial charge in [0.2, 0.25) is 5.96 Å². The molecule has 0 aliphatic heterocycles. The molecular formula is C10H22N4O. The van der Waals surface area contributed by atoms with Crippen molar-refractivity contribution in [1.82, 2.24) is 10.7 Å². The lowest BCUT2D eigenvalue weighted by Crippen LogP contribution is -2.42. The number of nitrogens with two attached hydrogens (primary N) is 1. The molecule has 0 atom stereocenters. The molecule has 1 fully saturated rings. The summed E-state index contributed by atoms with van der Waals surface area (Å²) in [4.78, 5) is 4.26. The Hall–Kier alpha value is -0.810. The number of hydrazine groups is 1. The summed E-state index contributed by atoms with van der Waals surface area (Å²) in [6.07, 6.45) is 4.72. The molecule has 0 unspecified atom stereocenters. The smallest absolute Gasteiger partial charge is 0.206 e. The van der Waals surface area contributed by atoms with Gasteiger partial charge in [-0.25, -0.2) is 10.8 Å². The van der Waals surface area contributed by atoms with E-state index in [2.05, 4.69) is 22.7 Å². The Balaban J connectivity index is 2.00. The average molecular weight is 214 g/mol. The highest BCUT2D eigenvalue weighted by atomic mass is 16.5. The van der Waals surface area contributed by atoms with Gasteiger partial charge in [-0.3, -0.25) is 5.43 Å². The molecule has 5 heteroatoms. The lowest BCUT2D eigenvalue weighted by atomic mass is 10.4. The molecule has 0 amide bonds. The van der Waals surface area contributed by atoms with Crippen LogP contribution in [0.15, 0.2) is 4.99 Å². The molecule has 0 saturated heterocycles. The number of hydrogen-bond acceptors (Lipinski definition) is 3. The van der Waals surface area contributed by atoms with Crippen molar-refractivity contribution in [3.63, 3.8) is 0 Å². The Morgan fingerprint density at radius 3 is 2.87 bits per heavy atom. The summed E-state index contributed by atoms with van der Waals surface area (Å²) in [5.74, 6) is 6.00. The van der Waals surface area contributed by atoms with Gasteiger partial charge < -0.3 is 10.1 Å². The molecule has 0 radical (unpaired) electrons. The third kappa shape index (κ3) is 6.30. The van der Waals surface area contributed by atoms with Crippen LogP contribution in [0.2, 0.25) is 0 Å². The standard InChI is InChI=1S/C10H22N4O/c1-2-3-7-15-8-6-12-10(14-11)13-9-4-5-9/h9H,2-8,11H2,1H3,(H2,12,13,14). The third-order valence-corrected chi connectivity index (χ3v) is 2.20. The molecule has 0 heterocycles. The molecule has 1 rings (SSSR count). The molecule has 1 aliphatic rings. The van der Waals surface area contributed by atoms with E-state index < -0.39 is 0 Å². The maximum Gasteiger partial charge on any atom is 0.206 e. The molecule has 1 saturated carbocycles. The minimum Gasteiger partial charge on any atom is -0.380 e. The van der Waals surface area contributed by atoms with Gasteiger partial charge in [-0.1, -0.05) is 13.3 Å². The van der Waals surface area contributed by atoms with Crippen molar-refractivity contribution in [1.29, 1.82) is 0 Å². The minimum absolute atomic E-state index is 0.570. The zero-order valence-corrected chi connectivity index (χ0v) is 9.46. The summed E-state index contributed by atoms with van der Waals surface area (Å²) in [6, 6.07) is 0.570. The third-order valence-electron chi connectivity index (χ3n) is 2.20. The van der Waals surface area contributed by atoms with Crippen molar-refractivity contribution in [2.45, 2.75) is 38.6 Å². The minimum atomic E-state index is 0.570. The Morgan fingerprint density at radius 2 is 2.27 bits per heavy atom. The number of nitrogens with zero attached hydrogens (tertiary/aromatic N) is 1. The molecular weight excluding hydrogens is 192 g/mol. The van der Waals surface area contributed by atoms with Crippen molar-refractivity contribution in [3.05, 3.63) is 0 Å². The first-order valence-electron chi connectivity index (χ1n) is 5.72. The highest BCUT2D eigenvalue weighted by Crippen LogP contribution is 2.18. The molecule has 1 aliphatic carbocycles. The number of rotatable bonds is 7. The summed E-state index contributed by atoms with van der Waals surface area (Å²) in [6.45, 7) is 4.30. The number of hydrogen-bond donors (Lipinski definition) is 3. The summed E-state index contributed by atoms with van der Waals surface area (Å²) < 4.78 is 5.39. The zero-order chi connectivity index (χ0) is 10.9. The molecule has 88 valence electrons. The van der Waals surface area contributed by atoms with Gasteiger partial charge in [0, 0.05) is 12.6 Å². The summed E-state index contributed by atoms with van der Waals surface area (Å²) in [5, 5.41) is 3.20. The van der Waals surface area contributed by atoms with Gasteiger partial charge >= 0.3 is 0 Å². The second-order valence-electron chi connectivity index (χ2n) is 3.76. The van der Waals surface area contributed by atoms with Gasteiger partial charge in [-0.05, 0) is 19.3 Å². The quantitative estimate of drug-likeness (QED) is 0.188. The lowest BCUT2D eigenvalue weighted by molar-refractivity contribution is 0.139. The van der Waals surface area contributed by atoms with Crippen LogP contribution in [0.1, 0.15) is 32.6 Å². The maximum atomic E-state index is 5.39. The fourth-order valence-electron chi connectivity index (χ4n) is 1.12. The number of aliphatic imine (C=N–C) groups is 1. The normalized spacial score (nSPS) is 16.5. The van der Waals surface area contributed by atoms with Crippen LogP contribution in [0, 0.1) is 0 Å². The monoisotopic (exact) mass is 214 g/mol. The zero-order valence-electron chi connectivity index (χ0n) is 9.46. The van der Waals surface area contributed by atoms with Crippen LogP contribution in [-0.4, -0.2) is 31.8 Å². The van der Waals surface area contributed by atoms with Gasteiger partial charge in [0.1, 0.15) is 0 Å². The van der Waals surface area contributed by atoms with E-state index in [-0.39, 0.29) is 0 Å². The Bertz CT molecular complexity index is 192. The van der Waals surface area contributed by atoms with Gasteiger partial charge in [0.15, 0.2) is 0 Å². The van der Waals surface area contributed by atoms with Gasteiger partial charge in [-0.15, -0.1) is 0 Å². The van der Waals surface area contributed by atoms with Crippen molar-refractivity contribution < 1.29 is 4.74 Å². The molecule has 0 aromatic carbocycles. The fourth-order valence-corrected chi connectivity index (χ4v) is 1.12. The molecule has 0 bridgehead atoms. The largest absolute Gasteiger partial charge is 0.380 e. The first-order chi connectivity index (χ1) is 7.36. The maximum absolute atomic E-state index is 5.39. The first-order valence-corrected chi connectivity index (χ1v) is 5.72. The van der Waals surface area contributed by atoms with E-state index in [1.807, 2.05) is 0 Å². The van der Waals surface area contributed by atoms with E-state index in [0.717, 1.165) is 13.0 Å². The predicted octanol–water partition coefficient (Wildman–Crippen LogP) is 0.374. The highest BCUT2D eigenvalue weighted by Gasteiger charge is 2.21. The van der Waals surface area contributed by atoms with E-state index in [1.54, 1.807) is 0 Å². The van der Waals surface area contributed by atoms with Gasteiger partial charge in [-0.2, -0.15) is 0 Å². The second kappa shape index (κ2) is 7.48. The van der Waals surface area contributed by atoms with E-state index in [4.69, 9.17) is 10.6 Å². The van der Waals surface area contributed by atoms with Gasteiger partial charge in [0.25, 0.3) is 0 Å². The first kappa shape index (κ1) is 12.3. The van der Waals surface area contributed by atoms with Crippen molar-refractivity contribution in [2.24, 2.45) is 10.8 Å². The summed E-state index contributed by atoms with van der Waals surface area (Å²) in [7, 11) is 0. The van der Waals surface area contributed by atoms with E-state index in [9.17, 15) is 0 Å². The van der Waals surface area contributed by atoms with Crippen molar-refractivity contribution in [2.75, 3.05) is 19.8 Å². The average Bonchev–Trinajstić information content (AvgIpc) is 3.05. The van der Waals surface area contributed by atoms with Crippen molar-refractivity contribution in [3.8, 4) is 0 Å². The molecule has 0 aromatic heterocycles. The van der Waals surface area contributed by atoms with Gasteiger partial charge in [0.05, 0.1) is 13.2 Å². The van der Waals surface area contributed by atoms with Crippen LogP contribution >= 0.6 is 0 Å². The molecule has 15 heavy (non-hydrogen) atoms. The number of unbranched alkanes of at least 4 members (excludes halogenated alkanes) is 1. The second-order valence-corrected chi connectivity index (χ2v) is 3.76. The Labute approximate surface area is 91.4 Å². The number of ether oxygens (including phenoxy) is 1. The van der Waals surface area contributed by atoms with Crippen LogP contribution in [0.4, 0.5) is 0 Å².